The van der Waals surface area contributed by atoms with E-state index in [4.69, 9.17) is 5.11 Å². The van der Waals surface area contributed by atoms with Crippen LogP contribution in [0.1, 0.15) is 35.4 Å². The number of hydrogen-bond acceptors (Lipinski definition) is 5. The zero-order valence-electron chi connectivity index (χ0n) is 9.69. The van der Waals surface area contributed by atoms with Gasteiger partial charge in [-0.25, -0.2) is 9.78 Å². The third-order valence-electron chi connectivity index (χ3n) is 2.02. The van der Waals surface area contributed by atoms with Crippen LogP contribution in [0, 0.1) is 0 Å². The van der Waals surface area contributed by atoms with E-state index in [0.29, 0.717) is 5.01 Å². The summed E-state index contributed by atoms with van der Waals surface area (Å²) in [5, 5.41) is 16.4. The van der Waals surface area contributed by atoms with Gasteiger partial charge in [0.15, 0.2) is 5.69 Å². The van der Waals surface area contributed by atoms with Gasteiger partial charge in [-0.1, -0.05) is 6.92 Å². The van der Waals surface area contributed by atoms with Crippen molar-refractivity contribution in [3.8, 4) is 0 Å². The van der Waals surface area contributed by atoms with Gasteiger partial charge in [-0.2, -0.15) is 0 Å². The molecule has 0 saturated heterocycles. The number of likely N-dealkylation sites (N-methyl/N-ethyl adjacent to an activating group) is 1. The maximum Gasteiger partial charge on any atom is 0.355 e. The Kier molecular flexibility index (Phi) is 5.05. The van der Waals surface area contributed by atoms with Gasteiger partial charge in [0.1, 0.15) is 5.01 Å². The minimum atomic E-state index is -1.06. The minimum absolute atomic E-state index is 0.0118. The molecule has 1 heterocycles. The summed E-state index contributed by atoms with van der Waals surface area (Å²) in [6.07, 6.45) is 0. The quantitative estimate of drug-likeness (QED) is 0.695. The van der Waals surface area contributed by atoms with Gasteiger partial charge in [0.25, 0.3) is 0 Å². The molecular formula is C10H15N3O3S. The highest BCUT2D eigenvalue weighted by Gasteiger charge is 2.15. The second kappa shape index (κ2) is 6.31. The molecule has 0 spiro atoms. The standard InChI is InChI=1S/C10H15N3O3S/c1-3-11-4-8(14)12-6(2)9-13-7(5-17-9)10(15)16/h5-6,11H,3-4H2,1-2H3,(H,12,14)(H,15,16). The predicted molar refractivity (Wildman–Crippen MR) is 64.2 cm³/mol. The van der Waals surface area contributed by atoms with Gasteiger partial charge in [0, 0.05) is 5.38 Å². The van der Waals surface area contributed by atoms with Gasteiger partial charge >= 0.3 is 5.97 Å². The van der Waals surface area contributed by atoms with E-state index in [1.165, 1.54) is 16.7 Å². The first-order chi connectivity index (χ1) is 8.04. The van der Waals surface area contributed by atoms with Gasteiger partial charge in [-0.3, -0.25) is 4.79 Å². The molecule has 0 fully saturated rings. The number of carbonyl (C=O) groups excluding carboxylic acids is 1. The van der Waals surface area contributed by atoms with Crippen LogP contribution in [-0.4, -0.2) is 35.1 Å². The summed E-state index contributed by atoms with van der Waals surface area (Å²) >= 11 is 1.22. The summed E-state index contributed by atoms with van der Waals surface area (Å²) in [7, 11) is 0. The number of aromatic nitrogens is 1. The monoisotopic (exact) mass is 257 g/mol. The van der Waals surface area contributed by atoms with Crippen molar-refractivity contribution in [3.63, 3.8) is 0 Å². The number of amides is 1. The lowest BCUT2D eigenvalue weighted by Crippen LogP contribution is -2.35. The van der Waals surface area contributed by atoms with Gasteiger partial charge in [0.2, 0.25) is 5.91 Å². The second-order valence-corrected chi connectivity index (χ2v) is 4.34. The van der Waals surface area contributed by atoms with Crippen molar-refractivity contribution in [2.24, 2.45) is 0 Å². The van der Waals surface area contributed by atoms with Crippen LogP contribution in [0.4, 0.5) is 0 Å². The van der Waals surface area contributed by atoms with E-state index in [0.717, 1.165) is 6.54 Å². The van der Waals surface area contributed by atoms with Crippen LogP contribution in [0.3, 0.4) is 0 Å². The van der Waals surface area contributed by atoms with E-state index < -0.39 is 5.97 Å². The van der Waals surface area contributed by atoms with Crippen LogP contribution in [0.2, 0.25) is 0 Å². The van der Waals surface area contributed by atoms with E-state index in [2.05, 4.69) is 15.6 Å². The van der Waals surface area contributed by atoms with E-state index in [-0.39, 0.29) is 24.2 Å². The first-order valence-corrected chi connectivity index (χ1v) is 6.11. The highest BCUT2D eigenvalue weighted by molar-refractivity contribution is 7.09. The molecule has 1 atom stereocenters. The molecule has 0 radical (unpaired) electrons. The lowest BCUT2D eigenvalue weighted by Gasteiger charge is -2.11. The van der Waals surface area contributed by atoms with E-state index in [9.17, 15) is 9.59 Å². The van der Waals surface area contributed by atoms with Gasteiger partial charge in [0.05, 0.1) is 12.6 Å². The van der Waals surface area contributed by atoms with E-state index >= 15 is 0 Å². The van der Waals surface area contributed by atoms with Crippen LogP contribution in [0.25, 0.3) is 0 Å². The van der Waals surface area contributed by atoms with Gasteiger partial charge in [-0.15, -0.1) is 11.3 Å². The van der Waals surface area contributed by atoms with Crippen molar-refractivity contribution in [2.75, 3.05) is 13.1 Å². The molecule has 0 aliphatic rings. The normalized spacial score (nSPS) is 12.1. The molecule has 0 saturated carbocycles. The molecule has 0 aliphatic carbocycles. The smallest absolute Gasteiger partial charge is 0.355 e. The van der Waals surface area contributed by atoms with Crippen LogP contribution >= 0.6 is 11.3 Å². The Hall–Kier alpha value is -1.47. The molecule has 17 heavy (non-hydrogen) atoms. The molecule has 1 aromatic heterocycles. The van der Waals surface area contributed by atoms with E-state index in [1.54, 1.807) is 6.92 Å². The molecule has 6 nitrogen and oxygen atoms in total. The number of nitrogens with one attached hydrogen (secondary N) is 2. The Balaban J connectivity index is 2.54. The topological polar surface area (TPSA) is 91.3 Å². The zero-order valence-corrected chi connectivity index (χ0v) is 10.5. The molecule has 1 aromatic rings. The highest BCUT2D eigenvalue weighted by Crippen LogP contribution is 2.17. The molecule has 7 heteroatoms. The maximum absolute atomic E-state index is 11.4. The number of rotatable bonds is 6. The highest BCUT2D eigenvalue weighted by atomic mass is 32.1. The molecule has 1 rings (SSSR count). The summed E-state index contributed by atoms with van der Waals surface area (Å²) in [6, 6.07) is -0.278. The number of carboxylic acid groups (broad SMARTS) is 1. The molecular weight excluding hydrogens is 242 g/mol. The third kappa shape index (κ3) is 4.12. The second-order valence-electron chi connectivity index (χ2n) is 3.45. The summed E-state index contributed by atoms with van der Waals surface area (Å²) < 4.78 is 0. The Bertz CT molecular complexity index is 405. The first-order valence-electron chi connectivity index (χ1n) is 5.23. The van der Waals surface area contributed by atoms with Crippen molar-refractivity contribution in [1.29, 1.82) is 0 Å². The molecule has 0 bridgehead atoms. The van der Waals surface area contributed by atoms with Gasteiger partial charge < -0.3 is 15.7 Å². The zero-order chi connectivity index (χ0) is 12.8. The Morgan fingerprint density at radius 1 is 1.59 bits per heavy atom. The molecule has 0 aromatic carbocycles. The van der Waals surface area contributed by atoms with Crippen molar-refractivity contribution < 1.29 is 14.7 Å². The molecule has 1 unspecified atom stereocenters. The molecule has 3 N–H and O–H groups in total. The Labute approximate surface area is 103 Å². The fourth-order valence-electron chi connectivity index (χ4n) is 1.18. The lowest BCUT2D eigenvalue weighted by molar-refractivity contribution is -0.120. The average molecular weight is 257 g/mol. The predicted octanol–water partition coefficient (Wildman–Crippen LogP) is 0.628. The summed E-state index contributed by atoms with van der Waals surface area (Å²) in [4.78, 5) is 26.0. The van der Waals surface area contributed by atoms with Crippen molar-refractivity contribution in [1.82, 2.24) is 15.6 Å². The number of nitrogens with zero attached hydrogens (tertiary/aromatic N) is 1. The Morgan fingerprint density at radius 3 is 2.82 bits per heavy atom. The fraction of sp³-hybridized carbons (Fsp3) is 0.500. The largest absolute Gasteiger partial charge is 0.476 e. The van der Waals surface area contributed by atoms with Crippen LogP contribution < -0.4 is 10.6 Å². The molecule has 0 aliphatic heterocycles. The molecule has 94 valence electrons. The van der Waals surface area contributed by atoms with Crippen LogP contribution in [0.15, 0.2) is 5.38 Å². The maximum atomic E-state index is 11.4. The van der Waals surface area contributed by atoms with Crippen molar-refractivity contribution in [3.05, 3.63) is 16.1 Å². The third-order valence-corrected chi connectivity index (χ3v) is 3.05. The van der Waals surface area contributed by atoms with Crippen molar-refractivity contribution in [2.45, 2.75) is 19.9 Å². The Morgan fingerprint density at radius 2 is 2.29 bits per heavy atom. The van der Waals surface area contributed by atoms with Crippen molar-refractivity contribution >= 4 is 23.2 Å². The summed E-state index contributed by atoms with van der Waals surface area (Å²) in [6.45, 7) is 4.66. The molecule has 1 amide bonds. The van der Waals surface area contributed by atoms with E-state index in [1.807, 2.05) is 6.92 Å². The SMILES string of the molecule is CCNCC(=O)NC(C)c1nc(C(=O)O)cs1. The number of thiazole rings is 1. The lowest BCUT2D eigenvalue weighted by atomic mass is 10.3. The van der Waals surface area contributed by atoms with Crippen LogP contribution in [0.5, 0.6) is 0 Å². The number of aromatic carboxylic acids is 1. The fourth-order valence-corrected chi connectivity index (χ4v) is 1.98. The first kappa shape index (κ1) is 13.6. The number of hydrogen-bond donors (Lipinski definition) is 3. The number of carboxylic acids is 1. The number of carbonyl (C=O) groups is 2. The summed E-state index contributed by atoms with van der Waals surface area (Å²) in [5.74, 6) is -1.19. The minimum Gasteiger partial charge on any atom is -0.476 e. The van der Waals surface area contributed by atoms with Gasteiger partial charge in [-0.05, 0) is 13.5 Å². The average Bonchev–Trinajstić information content (AvgIpc) is 2.75. The van der Waals surface area contributed by atoms with Crippen LogP contribution in [-0.2, 0) is 4.79 Å². The summed E-state index contributed by atoms with van der Waals surface area (Å²) in [5.41, 5.74) is 0.0118.